The molecule has 0 saturated carbocycles. The Labute approximate surface area is 135 Å². The standard InChI is InChI=1S/C15H12N4OS2/c1-2-5-11(6-3-1)9-21-10-13-16-17-15-19(13)18-14(22-15)12-7-4-8-20-12/h1-8H,9-10H2. The highest BCUT2D eigenvalue weighted by Crippen LogP contribution is 2.26. The van der Waals surface area contributed by atoms with E-state index >= 15 is 0 Å². The molecule has 4 aromatic rings. The minimum Gasteiger partial charge on any atom is -0.462 e. The molecule has 0 aliphatic rings. The molecular weight excluding hydrogens is 316 g/mol. The second-order valence-corrected chi connectivity index (χ2v) is 6.62. The van der Waals surface area contributed by atoms with Crippen molar-refractivity contribution in [3.05, 3.63) is 60.1 Å². The average molecular weight is 328 g/mol. The number of rotatable bonds is 5. The average Bonchev–Trinajstić information content (AvgIpc) is 3.25. The number of thioether (sulfide) groups is 1. The summed E-state index contributed by atoms with van der Waals surface area (Å²) in [7, 11) is 0. The molecule has 0 unspecified atom stereocenters. The zero-order chi connectivity index (χ0) is 14.8. The van der Waals surface area contributed by atoms with Crippen molar-refractivity contribution in [2.24, 2.45) is 0 Å². The highest BCUT2D eigenvalue weighted by molar-refractivity contribution is 7.97. The molecule has 0 amide bonds. The predicted molar refractivity (Wildman–Crippen MR) is 87.8 cm³/mol. The summed E-state index contributed by atoms with van der Waals surface area (Å²) in [6.07, 6.45) is 1.65. The number of fused-ring (bicyclic) bond motifs is 1. The molecule has 5 nitrogen and oxygen atoms in total. The Morgan fingerprint density at radius 1 is 1.05 bits per heavy atom. The maximum absolute atomic E-state index is 5.38. The van der Waals surface area contributed by atoms with Crippen LogP contribution in [0.2, 0.25) is 0 Å². The molecular formula is C15H12N4OS2. The van der Waals surface area contributed by atoms with Crippen LogP contribution in [0.25, 0.3) is 15.7 Å². The zero-order valence-electron chi connectivity index (χ0n) is 11.5. The molecule has 4 rings (SSSR count). The number of aromatic nitrogens is 4. The summed E-state index contributed by atoms with van der Waals surface area (Å²) in [5, 5.41) is 13.8. The quantitative estimate of drug-likeness (QED) is 0.556. The first kappa shape index (κ1) is 13.5. The van der Waals surface area contributed by atoms with E-state index in [1.54, 1.807) is 22.5 Å². The molecule has 22 heavy (non-hydrogen) atoms. The molecule has 0 spiro atoms. The zero-order valence-corrected chi connectivity index (χ0v) is 13.2. The van der Waals surface area contributed by atoms with Crippen molar-refractivity contribution in [3.8, 4) is 10.8 Å². The van der Waals surface area contributed by atoms with E-state index in [0.29, 0.717) is 0 Å². The van der Waals surface area contributed by atoms with Crippen LogP contribution in [0.4, 0.5) is 0 Å². The second-order valence-electron chi connectivity index (χ2n) is 4.67. The third-order valence-corrected chi connectivity index (χ3v) is 5.04. The van der Waals surface area contributed by atoms with Crippen LogP contribution >= 0.6 is 23.1 Å². The van der Waals surface area contributed by atoms with Crippen LogP contribution in [0, 0.1) is 0 Å². The van der Waals surface area contributed by atoms with Gasteiger partial charge < -0.3 is 4.42 Å². The minimum absolute atomic E-state index is 0.762. The summed E-state index contributed by atoms with van der Waals surface area (Å²) >= 11 is 3.28. The smallest absolute Gasteiger partial charge is 0.235 e. The number of furan rings is 1. The van der Waals surface area contributed by atoms with Crippen molar-refractivity contribution < 1.29 is 4.42 Å². The Hall–Kier alpha value is -2.12. The van der Waals surface area contributed by atoms with Crippen molar-refractivity contribution in [3.63, 3.8) is 0 Å². The lowest BCUT2D eigenvalue weighted by molar-refractivity contribution is 0.580. The summed E-state index contributed by atoms with van der Waals surface area (Å²) < 4.78 is 7.18. The third-order valence-electron chi connectivity index (χ3n) is 3.13. The number of nitrogens with zero attached hydrogens (tertiary/aromatic N) is 4. The molecule has 0 saturated heterocycles. The van der Waals surface area contributed by atoms with Gasteiger partial charge in [-0.05, 0) is 17.7 Å². The summed E-state index contributed by atoms with van der Waals surface area (Å²) in [4.78, 5) is 0.793. The molecule has 0 bridgehead atoms. The van der Waals surface area contributed by atoms with E-state index in [4.69, 9.17) is 4.42 Å². The summed E-state index contributed by atoms with van der Waals surface area (Å²) in [5.74, 6) is 3.35. The topological polar surface area (TPSA) is 56.2 Å². The molecule has 3 aromatic heterocycles. The minimum atomic E-state index is 0.762. The monoisotopic (exact) mass is 328 g/mol. The van der Waals surface area contributed by atoms with E-state index in [2.05, 4.69) is 39.6 Å². The van der Waals surface area contributed by atoms with E-state index in [0.717, 1.165) is 33.1 Å². The summed E-state index contributed by atoms with van der Waals surface area (Å²) in [5.41, 5.74) is 1.31. The molecule has 0 N–H and O–H groups in total. The molecule has 0 fully saturated rings. The fraction of sp³-hybridized carbons (Fsp3) is 0.133. The maximum Gasteiger partial charge on any atom is 0.235 e. The van der Waals surface area contributed by atoms with Crippen molar-refractivity contribution in [1.29, 1.82) is 0 Å². The Morgan fingerprint density at radius 3 is 2.77 bits per heavy atom. The SMILES string of the molecule is c1ccc(CSCc2nnc3sc(-c4ccco4)nn23)cc1. The van der Waals surface area contributed by atoms with Crippen LogP contribution in [-0.2, 0) is 11.5 Å². The molecule has 110 valence electrons. The van der Waals surface area contributed by atoms with Gasteiger partial charge in [0.05, 0.1) is 12.0 Å². The van der Waals surface area contributed by atoms with Crippen molar-refractivity contribution >= 4 is 28.1 Å². The highest BCUT2D eigenvalue weighted by atomic mass is 32.2. The lowest BCUT2D eigenvalue weighted by atomic mass is 10.2. The second kappa shape index (κ2) is 5.94. The van der Waals surface area contributed by atoms with Gasteiger partial charge in [0, 0.05) is 5.75 Å². The molecule has 0 atom stereocenters. The van der Waals surface area contributed by atoms with Gasteiger partial charge in [-0.1, -0.05) is 41.7 Å². The van der Waals surface area contributed by atoms with Crippen molar-refractivity contribution in [2.75, 3.05) is 0 Å². The van der Waals surface area contributed by atoms with Crippen molar-refractivity contribution in [2.45, 2.75) is 11.5 Å². The molecule has 1 aromatic carbocycles. The molecule has 0 radical (unpaired) electrons. The van der Waals surface area contributed by atoms with Gasteiger partial charge in [0.15, 0.2) is 16.6 Å². The number of hydrogen-bond donors (Lipinski definition) is 0. The fourth-order valence-electron chi connectivity index (χ4n) is 2.08. The first-order valence-corrected chi connectivity index (χ1v) is 8.74. The van der Waals surface area contributed by atoms with E-state index in [9.17, 15) is 0 Å². The van der Waals surface area contributed by atoms with E-state index < -0.39 is 0 Å². The largest absolute Gasteiger partial charge is 0.462 e. The third kappa shape index (κ3) is 2.65. The Bertz CT molecular complexity index is 868. The number of hydrogen-bond acceptors (Lipinski definition) is 6. The van der Waals surface area contributed by atoms with Gasteiger partial charge in [-0.2, -0.15) is 4.52 Å². The van der Waals surface area contributed by atoms with Crippen LogP contribution in [-0.4, -0.2) is 19.8 Å². The predicted octanol–water partition coefficient (Wildman–Crippen LogP) is 3.88. The Balaban J connectivity index is 1.50. The Morgan fingerprint density at radius 2 is 1.95 bits per heavy atom. The summed E-state index contributed by atoms with van der Waals surface area (Å²) in [6, 6.07) is 14.2. The normalized spacial score (nSPS) is 11.3. The van der Waals surface area contributed by atoms with Crippen LogP contribution in [0.15, 0.2) is 53.1 Å². The van der Waals surface area contributed by atoms with E-state index in [-0.39, 0.29) is 0 Å². The summed E-state index contributed by atoms with van der Waals surface area (Å²) in [6.45, 7) is 0. The van der Waals surface area contributed by atoms with E-state index in [1.807, 2.05) is 18.2 Å². The number of benzene rings is 1. The maximum atomic E-state index is 5.38. The lowest BCUT2D eigenvalue weighted by Gasteiger charge is -1.99. The van der Waals surface area contributed by atoms with Crippen molar-refractivity contribution in [1.82, 2.24) is 19.8 Å². The Kier molecular flexibility index (Phi) is 3.65. The molecule has 3 heterocycles. The van der Waals surface area contributed by atoms with Gasteiger partial charge in [-0.15, -0.1) is 27.1 Å². The molecule has 0 aliphatic carbocycles. The van der Waals surface area contributed by atoms with Gasteiger partial charge in [0.25, 0.3) is 0 Å². The van der Waals surface area contributed by atoms with Gasteiger partial charge in [0.1, 0.15) is 0 Å². The van der Waals surface area contributed by atoms with Crippen LogP contribution in [0.1, 0.15) is 11.4 Å². The first-order valence-electron chi connectivity index (χ1n) is 6.77. The van der Waals surface area contributed by atoms with E-state index in [1.165, 1.54) is 16.9 Å². The highest BCUT2D eigenvalue weighted by Gasteiger charge is 2.14. The van der Waals surface area contributed by atoms with Gasteiger partial charge in [0.2, 0.25) is 4.96 Å². The molecule has 7 heteroatoms. The van der Waals surface area contributed by atoms with Crippen LogP contribution in [0.5, 0.6) is 0 Å². The lowest BCUT2D eigenvalue weighted by Crippen LogP contribution is -1.94. The van der Waals surface area contributed by atoms with Gasteiger partial charge in [-0.3, -0.25) is 0 Å². The molecule has 0 aliphatic heterocycles. The first-order chi connectivity index (χ1) is 10.9. The van der Waals surface area contributed by atoms with Gasteiger partial charge in [-0.25, -0.2) is 0 Å². The van der Waals surface area contributed by atoms with Crippen LogP contribution in [0.3, 0.4) is 0 Å². The van der Waals surface area contributed by atoms with Crippen LogP contribution < -0.4 is 0 Å². The van der Waals surface area contributed by atoms with Gasteiger partial charge >= 0.3 is 0 Å². The fourth-order valence-corrected chi connectivity index (χ4v) is 3.80.